The van der Waals surface area contributed by atoms with Gasteiger partial charge in [-0.1, -0.05) is 12.1 Å². The molecule has 5 N–H and O–H groups in total. The maximum Gasteiger partial charge on any atom is 0.186 e. The highest BCUT2D eigenvalue weighted by atomic mass is 16.7. The summed E-state index contributed by atoms with van der Waals surface area (Å²) in [7, 11) is 0. The molecular weight excluding hydrogens is 280 g/mol. The molecule has 118 valence electrons. The van der Waals surface area contributed by atoms with Crippen LogP contribution in [0.25, 0.3) is 0 Å². The molecule has 0 aromatic heterocycles. The van der Waals surface area contributed by atoms with Crippen molar-refractivity contribution in [3.63, 3.8) is 0 Å². The van der Waals surface area contributed by atoms with Crippen LogP contribution in [0.3, 0.4) is 0 Å². The smallest absolute Gasteiger partial charge is 0.186 e. The molecule has 1 aliphatic heterocycles. The zero-order valence-electron chi connectivity index (χ0n) is 11.4. The Labute approximate surface area is 122 Å². The summed E-state index contributed by atoms with van der Waals surface area (Å²) >= 11 is 0. The topological polar surface area (TPSA) is 120 Å². The van der Waals surface area contributed by atoms with Crippen LogP contribution in [0.2, 0.25) is 0 Å². The van der Waals surface area contributed by atoms with Crippen molar-refractivity contribution in [3.8, 4) is 5.75 Å². The van der Waals surface area contributed by atoms with Crippen molar-refractivity contribution in [2.45, 2.75) is 37.1 Å². The second-order valence-corrected chi connectivity index (χ2v) is 4.98. The molecule has 0 spiro atoms. The third-order valence-corrected chi connectivity index (χ3v) is 3.46. The van der Waals surface area contributed by atoms with Gasteiger partial charge in [0.15, 0.2) is 6.29 Å². The number of ether oxygens (including phenoxy) is 2. The van der Waals surface area contributed by atoms with Gasteiger partial charge in [-0.15, -0.1) is 0 Å². The van der Waals surface area contributed by atoms with Crippen LogP contribution in [0.5, 0.6) is 5.75 Å². The van der Waals surface area contributed by atoms with Crippen LogP contribution >= 0.6 is 0 Å². The molecule has 0 saturated carbocycles. The quantitative estimate of drug-likeness (QED) is 0.461. The van der Waals surface area contributed by atoms with Gasteiger partial charge >= 0.3 is 0 Å². The summed E-state index contributed by atoms with van der Waals surface area (Å²) in [5.41, 5.74) is 0.928. The molecule has 2 rings (SSSR count). The third-order valence-electron chi connectivity index (χ3n) is 3.46. The average Bonchev–Trinajstić information content (AvgIpc) is 2.49. The molecule has 1 fully saturated rings. The SMILES string of the molecule is OC[C@H]1OC(OCCc2ccc(O)cc2)[C@H](O)[C@@H](O)[C@@H]1O. The number of rotatable bonds is 5. The van der Waals surface area contributed by atoms with E-state index in [1.807, 2.05) is 0 Å². The van der Waals surface area contributed by atoms with Crippen LogP contribution < -0.4 is 0 Å². The van der Waals surface area contributed by atoms with Crippen LogP contribution in [0.1, 0.15) is 5.56 Å². The standard InChI is InChI=1S/C14H20O7/c15-7-10-11(17)12(18)13(19)14(21-10)20-6-5-8-1-3-9(16)4-2-8/h1-4,10-19H,5-7H2/t10-,11-,12+,13-,14?/m1/s1. The summed E-state index contributed by atoms with van der Waals surface area (Å²) in [6, 6.07) is 6.60. The van der Waals surface area contributed by atoms with Gasteiger partial charge < -0.3 is 35.0 Å². The summed E-state index contributed by atoms with van der Waals surface area (Å²) in [5, 5.41) is 47.3. The second kappa shape index (κ2) is 7.17. The largest absolute Gasteiger partial charge is 0.508 e. The number of aliphatic hydroxyl groups is 4. The van der Waals surface area contributed by atoms with Crippen LogP contribution in [-0.2, 0) is 15.9 Å². The first kappa shape index (κ1) is 16.2. The van der Waals surface area contributed by atoms with Crippen molar-refractivity contribution < 1.29 is 35.0 Å². The highest BCUT2D eigenvalue weighted by Gasteiger charge is 2.43. The van der Waals surface area contributed by atoms with Crippen molar-refractivity contribution in [3.05, 3.63) is 29.8 Å². The first-order valence-corrected chi connectivity index (χ1v) is 6.73. The number of phenols is 1. The Morgan fingerprint density at radius 1 is 1.00 bits per heavy atom. The molecule has 1 aromatic rings. The Bertz CT molecular complexity index is 433. The second-order valence-electron chi connectivity index (χ2n) is 4.98. The van der Waals surface area contributed by atoms with E-state index in [0.29, 0.717) is 6.42 Å². The van der Waals surface area contributed by atoms with Crippen molar-refractivity contribution in [1.82, 2.24) is 0 Å². The minimum absolute atomic E-state index is 0.175. The van der Waals surface area contributed by atoms with Crippen molar-refractivity contribution in [2.24, 2.45) is 0 Å². The van der Waals surface area contributed by atoms with Gasteiger partial charge in [0.05, 0.1) is 13.2 Å². The number of hydrogen-bond donors (Lipinski definition) is 5. The van der Waals surface area contributed by atoms with E-state index in [4.69, 9.17) is 14.6 Å². The van der Waals surface area contributed by atoms with E-state index in [0.717, 1.165) is 5.56 Å². The minimum atomic E-state index is -1.44. The van der Waals surface area contributed by atoms with E-state index >= 15 is 0 Å². The van der Waals surface area contributed by atoms with Gasteiger partial charge in [0.2, 0.25) is 0 Å². The minimum Gasteiger partial charge on any atom is -0.508 e. The van der Waals surface area contributed by atoms with Crippen LogP contribution in [0.15, 0.2) is 24.3 Å². The molecule has 0 radical (unpaired) electrons. The highest BCUT2D eigenvalue weighted by molar-refractivity contribution is 5.25. The molecule has 0 bridgehead atoms. The number of aliphatic hydroxyl groups excluding tert-OH is 4. The lowest BCUT2D eigenvalue weighted by molar-refractivity contribution is -0.300. The first-order valence-electron chi connectivity index (χ1n) is 6.73. The maximum absolute atomic E-state index is 9.78. The predicted molar refractivity (Wildman–Crippen MR) is 71.5 cm³/mol. The lowest BCUT2D eigenvalue weighted by Crippen LogP contribution is -2.59. The Hall–Kier alpha value is -1.22. The molecule has 7 nitrogen and oxygen atoms in total. The number of phenolic OH excluding ortho intramolecular Hbond substituents is 1. The average molecular weight is 300 g/mol. The Kier molecular flexibility index (Phi) is 5.51. The third kappa shape index (κ3) is 3.91. The molecule has 1 heterocycles. The van der Waals surface area contributed by atoms with Gasteiger partial charge in [0.1, 0.15) is 30.2 Å². The number of hydrogen-bond acceptors (Lipinski definition) is 7. The summed E-state index contributed by atoms with van der Waals surface area (Å²) < 4.78 is 10.6. The highest BCUT2D eigenvalue weighted by Crippen LogP contribution is 2.22. The molecule has 1 saturated heterocycles. The summed E-state index contributed by atoms with van der Waals surface area (Å²) in [6.45, 7) is -0.268. The Balaban J connectivity index is 1.85. The van der Waals surface area contributed by atoms with E-state index in [1.165, 1.54) is 0 Å². The van der Waals surface area contributed by atoms with Gasteiger partial charge in [0, 0.05) is 0 Å². The normalized spacial score (nSPS) is 33.0. The zero-order valence-corrected chi connectivity index (χ0v) is 11.4. The van der Waals surface area contributed by atoms with Crippen molar-refractivity contribution in [1.29, 1.82) is 0 Å². The predicted octanol–water partition coefficient (Wildman–Crippen LogP) is -1.25. The zero-order chi connectivity index (χ0) is 15.4. The molecule has 0 aliphatic carbocycles. The summed E-state index contributed by atoms with van der Waals surface area (Å²) in [4.78, 5) is 0. The molecule has 1 unspecified atom stereocenters. The molecule has 1 aliphatic rings. The number of benzene rings is 1. The van der Waals surface area contributed by atoms with E-state index in [-0.39, 0.29) is 12.4 Å². The van der Waals surface area contributed by atoms with Gasteiger partial charge in [0.25, 0.3) is 0 Å². The molecule has 0 amide bonds. The fourth-order valence-corrected chi connectivity index (χ4v) is 2.16. The summed E-state index contributed by atoms with van der Waals surface area (Å²) in [6.07, 6.45) is -5.77. The first-order chi connectivity index (χ1) is 10.0. The van der Waals surface area contributed by atoms with Crippen LogP contribution in [0, 0.1) is 0 Å². The monoisotopic (exact) mass is 300 g/mol. The molecule has 1 aromatic carbocycles. The molecule has 5 atom stereocenters. The lowest BCUT2D eigenvalue weighted by atomic mass is 9.99. The van der Waals surface area contributed by atoms with Crippen LogP contribution in [0.4, 0.5) is 0 Å². The molecule has 21 heavy (non-hydrogen) atoms. The van der Waals surface area contributed by atoms with E-state index in [2.05, 4.69) is 0 Å². The Morgan fingerprint density at radius 3 is 2.29 bits per heavy atom. The summed E-state index contributed by atoms with van der Waals surface area (Å²) in [5.74, 6) is 0.175. The molecular formula is C14H20O7. The fraction of sp³-hybridized carbons (Fsp3) is 0.571. The van der Waals surface area contributed by atoms with Gasteiger partial charge in [-0.2, -0.15) is 0 Å². The fourth-order valence-electron chi connectivity index (χ4n) is 2.16. The van der Waals surface area contributed by atoms with E-state index in [9.17, 15) is 20.4 Å². The van der Waals surface area contributed by atoms with Crippen molar-refractivity contribution >= 4 is 0 Å². The van der Waals surface area contributed by atoms with Gasteiger partial charge in [-0.05, 0) is 24.1 Å². The Morgan fingerprint density at radius 2 is 1.67 bits per heavy atom. The van der Waals surface area contributed by atoms with E-state index < -0.39 is 37.3 Å². The lowest BCUT2D eigenvalue weighted by Gasteiger charge is -2.39. The molecule has 7 heteroatoms. The van der Waals surface area contributed by atoms with Crippen LogP contribution in [-0.4, -0.2) is 69.5 Å². The van der Waals surface area contributed by atoms with E-state index in [1.54, 1.807) is 24.3 Å². The van der Waals surface area contributed by atoms with Gasteiger partial charge in [-0.3, -0.25) is 0 Å². The maximum atomic E-state index is 9.78. The van der Waals surface area contributed by atoms with Crippen molar-refractivity contribution in [2.75, 3.05) is 13.2 Å². The number of aromatic hydroxyl groups is 1. The van der Waals surface area contributed by atoms with Gasteiger partial charge in [-0.25, -0.2) is 0 Å².